The fourth-order valence-electron chi connectivity index (χ4n) is 2.37. The summed E-state index contributed by atoms with van der Waals surface area (Å²) in [7, 11) is 4.11. The number of hydrogen-bond donors (Lipinski definition) is 3. The van der Waals surface area contributed by atoms with E-state index in [1.807, 2.05) is 0 Å². The molecule has 1 aliphatic heterocycles. The van der Waals surface area contributed by atoms with Crippen molar-refractivity contribution in [3.63, 3.8) is 0 Å². The first-order chi connectivity index (χ1) is 14.1. The van der Waals surface area contributed by atoms with E-state index >= 15 is 0 Å². The molecule has 1 aromatic heterocycles. The number of aromatic nitrogens is 1. The van der Waals surface area contributed by atoms with Gasteiger partial charge in [0.25, 0.3) is 5.91 Å². The molecule has 0 saturated heterocycles. The molecule has 9 heteroatoms. The summed E-state index contributed by atoms with van der Waals surface area (Å²) in [5.41, 5.74) is 5.44. The highest BCUT2D eigenvalue weighted by Crippen LogP contribution is 2.43. The molecule has 2 atom stereocenters. The monoisotopic (exact) mass is 431 g/mol. The Morgan fingerprint density at radius 3 is 2.73 bits per heavy atom. The summed E-state index contributed by atoms with van der Waals surface area (Å²) in [6.07, 6.45) is -1.04. The van der Waals surface area contributed by atoms with E-state index in [9.17, 15) is 19.8 Å². The highest BCUT2D eigenvalue weighted by molar-refractivity contribution is 7.14. The summed E-state index contributed by atoms with van der Waals surface area (Å²) >= 11 is 1.02. The lowest BCUT2D eigenvalue weighted by Crippen LogP contribution is -2.27. The molecule has 1 unspecified atom stereocenters. The predicted octanol–water partition coefficient (Wildman–Crippen LogP) is 0.988. The Bertz CT molecular complexity index is 988. The zero-order chi connectivity index (χ0) is 22.5. The van der Waals surface area contributed by atoms with Crippen LogP contribution in [0.1, 0.15) is 34.1 Å². The van der Waals surface area contributed by atoms with Crippen molar-refractivity contribution in [2.45, 2.75) is 25.6 Å². The van der Waals surface area contributed by atoms with Crippen LogP contribution in [0.25, 0.3) is 11.3 Å². The molecule has 8 nitrogen and oxygen atoms in total. The van der Waals surface area contributed by atoms with Crippen molar-refractivity contribution < 1.29 is 24.5 Å². The smallest absolute Gasteiger partial charge is 0.277 e. The van der Waals surface area contributed by atoms with E-state index in [1.165, 1.54) is 0 Å². The van der Waals surface area contributed by atoms with Gasteiger partial charge in [-0.3, -0.25) is 9.59 Å². The zero-order valence-electron chi connectivity index (χ0n) is 17.3. The lowest BCUT2D eigenvalue weighted by molar-refractivity contribution is -0.112. The Morgan fingerprint density at radius 1 is 1.50 bits per heavy atom. The van der Waals surface area contributed by atoms with Crippen molar-refractivity contribution in [2.75, 3.05) is 27.2 Å². The van der Waals surface area contributed by atoms with Gasteiger partial charge >= 0.3 is 0 Å². The van der Waals surface area contributed by atoms with Crippen LogP contribution in [0.15, 0.2) is 18.2 Å². The van der Waals surface area contributed by atoms with E-state index in [-0.39, 0.29) is 11.6 Å². The second-order valence-corrected chi connectivity index (χ2v) is 8.08. The average Bonchev–Trinajstić information content (AvgIpc) is 3.14. The van der Waals surface area contributed by atoms with E-state index in [2.05, 4.69) is 42.7 Å². The van der Waals surface area contributed by atoms with Gasteiger partial charge < -0.3 is 25.6 Å². The summed E-state index contributed by atoms with van der Waals surface area (Å²) in [6, 6.07) is 4.97. The summed E-state index contributed by atoms with van der Waals surface area (Å²) in [6.45, 7) is 4.82. The number of carbonyl (C=O) groups is 2. The van der Waals surface area contributed by atoms with Crippen molar-refractivity contribution >= 4 is 23.5 Å². The highest BCUT2D eigenvalue weighted by Gasteiger charge is 2.36. The van der Waals surface area contributed by atoms with Crippen LogP contribution >= 0.6 is 11.3 Å². The Balaban J connectivity index is 0.000000575. The van der Waals surface area contributed by atoms with E-state index in [0.29, 0.717) is 33.7 Å². The number of nitrogens with zero attached hydrogens (tertiary/aromatic N) is 2. The maximum atomic E-state index is 11.5. The molecule has 1 aliphatic rings. The molecule has 0 spiro atoms. The average molecular weight is 432 g/mol. The minimum atomic E-state index is -1.37. The predicted molar refractivity (Wildman–Crippen MR) is 114 cm³/mol. The molecule has 2 aromatic rings. The number of nitrogens with two attached hydrogens (primary N) is 1. The number of aliphatic hydroxyl groups excluding tert-OH is 1. The summed E-state index contributed by atoms with van der Waals surface area (Å²) in [5, 5.41) is 20.0. The maximum absolute atomic E-state index is 11.5. The molecule has 0 bridgehead atoms. The van der Waals surface area contributed by atoms with E-state index in [4.69, 9.17) is 10.5 Å². The minimum Gasteiger partial charge on any atom is -0.489 e. The van der Waals surface area contributed by atoms with Crippen molar-refractivity contribution in [1.82, 2.24) is 9.88 Å². The van der Waals surface area contributed by atoms with Crippen LogP contribution < -0.4 is 10.5 Å². The molecule has 0 aliphatic carbocycles. The van der Waals surface area contributed by atoms with Gasteiger partial charge in [0, 0.05) is 11.1 Å². The van der Waals surface area contributed by atoms with Crippen molar-refractivity contribution in [3.05, 3.63) is 33.6 Å². The van der Waals surface area contributed by atoms with Gasteiger partial charge in [-0.25, -0.2) is 4.98 Å². The first-order valence-electron chi connectivity index (χ1n) is 9.19. The highest BCUT2D eigenvalue weighted by atomic mass is 32.1. The topological polar surface area (TPSA) is 126 Å². The fraction of sp³-hybridized carbons (Fsp3) is 0.381. The zero-order valence-corrected chi connectivity index (χ0v) is 18.1. The number of ether oxygens (including phenoxy) is 1. The molecule has 0 saturated carbocycles. The standard InChI is InChI=1S/C17H14N2O5S.C4H11N/c1-17(23)8-24-12-5-3-9(2-4-10(21)7-20)6-11(12)13-14(17)25-16(19-13)15(18)22;1-4-5(2)3/h3,5-7,10,21,23H,8H2,1H3,(H2,18,22);4H2,1-3H3/t10?,17-;/m1./s1. The molecule has 1 amide bonds. The summed E-state index contributed by atoms with van der Waals surface area (Å²) in [5.74, 6) is 4.87. The van der Waals surface area contributed by atoms with E-state index in [1.54, 1.807) is 25.1 Å². The quantitative estimate of drug-likeness (QED) is 0.489. The third-order valence-electron chi connectivity index (χ3n) is 4.20. The number of aliphatic hydroxyl groups is 2. The minimum absolute atomic E-state index is 0.0116. The second kappa shape index (κ2) is 9.82. The van der Waals surface area contributed by atoms with Gasteiger partial charge in [0.05, 0.1) is 10.6 Å². The summed E-state index contributed by atoms with van der Waals surface area (Å²) < 4.78 is 5.65. The maximum Gasteiger partial charge on any atom is 0.277 e. The summed E-state index contributed by atoms with van der Waals surface area (Å²) in [4.78, 5) is 28.8. The van der Waals surface area contributed by atoms with Gasteiger partial charge in [0.1, 0.15) is 18.0 Å². The number of primary amides is 1. The van der Waals surface area contributed by atoms with Gasteiger partial charge in [-0.1, -0.05) is 18.8 Å². The number of benzene rings is 1. The van der Waals surface area contributed by atoms with Crippen LogP contribution in [-0.2, 0) is 10.4 Å². The van der Waals surface area contributed by atoms with Crippen molar-refractivity contribution in [1.29, 1.82) is 0 Å². The van der Waals surface area contributed by atoms with E-state index < -0.39 is 17.6 Å². The largest absolute Gasteiger partial charge is 0.489 e. The fourth-order valence-corrected chi connectivity index (χ4v) is 3.33. The first-order valence-corrected chi connectivity index (χ1v) is 10.0. The number of fused-ring (bicyclic) bond motifs is 3. The molecule has 0 radical (unpaired) electrons. The van der Waals surface area contributed by atoms with Gasteiger partial charge in [0.15, 0.2) is 17.4 Å². The molecule has 160 valence electrons. The molecule has 3 rings (SSSR count). The van der Waals surface area contributed by atoms with Crippen LogP contribution in [0.3, 0.4) is 0 Å². The second-order valence-electron chi connectivity index (χ2n) is 7.08. The molecular weight excluding hydrogens is 406 g/mol. The molecular formula is C21H25N3O5S. The SMILES string of the molecule is CCN(C)C.C[C@@]1(O)COc2ccc(C#CC(O)C=O)cc2-c2nc(C(N)=O)sc21. The van der Waals surface area contributed by atoms with E-state index in [0.717, 1.165) is 17.9 Å². The Labute approximate surface area is 179 Å². The Kier molecular flexibility index (Phi) is 7.70. The van der Waals surface area contributed by atoms with Crippen LogP contribution in [-0.4, -0.2) is 65.6 Å². The number of hydrogen-bond acceptors (Lipinski definition) is 8. The van der Waals surface area contributed by atoms with Crippen LogP contribution in [0.5, 0.6) is 5.75 Å². The Hall–Kier alpha value is -2.77. The first kappa shape index (κ1) is 23.5. The number of amides is 1. The molecule has 1 aromatic carbocycles. The Morgan fingerprint density at radius 2 is 2.17 bits per heavy atom. The number of rotatable bonds is 3. The molecule has 2 heterocycles. The molecule has 4 N–H and O–H groups in total. The third-order valence-corrected chi connectivity index (χ3v) is 5.52. The van der Waals surface area contributed by atoms with Gasteiger partial charge in [-0.05, 0) is 45.8 Å². The lowest BCUT2D eigenvalue weighted by atomic mass is 10.0. The normalized spacial score (nSPS) is 17.7. The van der Waals surface area contributed by atoms with Gasteiger partial charge in [-0.15, -0.1) is 11.3 Å². The van der Waals surface area contributed by atoms with Crippen LogP contribution in [0, 0.1) is 11.8 Å². The number of thiazole rings is 1. The lowest BCUT2D eigenvalue weighted by Gasteiger charge is -2.19. The van der Waals surface area contributed by atoms with Crippen LogP contribution in [0.4, 0.5) is 0 Å². The number of carbonyl (C=O) groups excluding carboxylic acids is 2. The van der Waals surface area contributed by atoms with Gasteiger partial charge in [-0.2, -0.15) is 0 Å². The van der Waals surface area contributed by atoms with Gasteiger partial charge in [0.2, 0.25) is 0 Å². The van der Waals surface area contributed by atoms with Crippen LogP contribution in [0.2, 0.25) is 0 Å². The molecule has 30 heavy (non-hydrogen) atoms. The van der Waals surface area contributed by atoms with Crippen molar-refractivity contribution in [2.24, 2.45) is 5.73 Å². The van der Waals surface area contributed by atoms with Crippen molar-refractivity contribution in [3.8, 4) is 28.8 Å². The third kappa shape index (κ3) is 5.64. The molecule has 0 fully saturated rings. The number of aldehydes is 1.